The monoisotopic (exact) mass is 446 g/mol. The fourth-order valence-corrected chi connectivity index (χ4v) is 3.64. The van der Waals surface area contributed by atoms with Crippen LogP contribution >= 0.6 is 11.6 Å². The molecule has 1 aliphatic rings. The lowest BCUT2D eigenvalue weighted by molar-refractivity contribution is -0.137. The van der Waals surface area contributed by atoms with Crippen molar-refractivity contribution in [1.29, 1.82) is 0 Å². The number of carbonyl (C=O) groups is 2. The summed E-state index contributed by atoms with van der Waals surface area (Å²) in [6.45, 7) is 4.08. The fourth-order valence-electron chi connectivity index (χ4n) is 3.51. The van der Waals surface area contributed by atoms with Gasteiger partial charge in [-0.3, -0.25) is 14.5 Å². The second kappa shape index (κ2) is 9.28. The van der Waals surface area contributed by atoms with Crippen LogP contribution in [0, 0.1) is 0 Å². The number of amides is 2. The van der Waals surface area contributed by atoms with Gasteiger partial charge in [-0.15, -0.1) is 0 Å². The van der Waals surface area contributed by atoms with Gasteiger partial charge in [0.15, 0.2) is 0 Å². The van der Waals surface area contributed by atoms with Crippen molar-refractivity contribution in [3.05, 3.63) is 101 Å². The highest BCUT2D eigenvalue weighted by atomic mass is 35.5. The van der Waals surface area contributed by atoms with Gasteiger partial charge in [-0.05, 0) is 61.4 Å². The largest absolute Gasteiger partial charge is 0.491 e. The molecule has 32 heavy (non-hydrogen) atoms. The number of carbonyl (C=O) groups excluding carboxylic acids is 2. The third-order valence-corrected chi connectivity index (χ3v) is 5.23. The molecule has 0 radical (unpaired) electrons. The summed E-state index contributed by atoms with van der Waals surface area (Å²) in [5.41, 5.74) is 2.81. The molecule has 0 aromatic heterocycles. The molecule has 4 rings (SSSR count). The molecule has 0 saturated carbocycles. The molecule has 0 spiro atoms. The number of hydrogen-bond acceptors (Lipinski definition) is 4. The Morgan fingerprint density at radius 1 is 0.875 bits per heavy atom. The molecule has 5 nitrogen and oxygen atoms in total. The van der Waals surface area contributed by atoms with Crippen LogP contribution in [0.2, 0.25) is 5.02 Å². The molecule has 0 aliphatic carbocycles. The van der Waals surface area contributed by atoms with Crippen molar-refractivity contribution in [2.75, 3.05) is 5.32 Å². The standard InChI is InChI=1S/C26H23ClN2O3/c1-17(2)32-22-14-12-21(13-15-22)28-24-23(19-6-4-3-5-7-19)25(30)29(26(24)31)16-18-8-10-20(27)11-9-18/h3-15,17,28H,16H2,1-2H3. The summed E-state index contributed by atoms with van der Waals surface area (Å²) in [4.78, 5) is 27.9. The quantitative estimate of drug-likeness (QED) is 0.485. The van der Waals surface area contributed by atoms with E-state index in [0.29, 0.717) is 21.8 Å². The molecule has 0 fully saturated rings. The summed E-state index contributed by atoms with van der Waals surface area (Å²) in [7, 11) is 0. The van der Waals surface area contributed by atoms with Gasteiger partial charge in [0.05, 0.1) is 18.2 Å². The Morgan fingerprint density at radius 2 is 1.53 bits per heavy atom. The summed E-state index contributed by atoms with van der Waals surface area (Å²) in [5, 5.41) is 3.77. The Labute approximate surface area is 192 Å². The Kier molecular flexibility index (Phi) is 6.28. The Morgan fingerprint density at radius 3 is 2.16 bits per heavy atom. The van der Waals surface area contributed by atoms with Gasteiger partial charge in [0.2, 0.25) is 0 Å². The van der Waals surface area contributed by atoms with E-state index in [-0.39, 0.29) is 30.2 Å². The summed E-state index contributed by atoms with van der Waals surface area (Å²) in [5.74, 6) is 0.0331. The highest BCUT2D eigenvalue weighted by Gasteiger charge is 2.39. The van der Waals surface area contributed by atoms with Gasteiger partial charge in [-0.1, -0.05) is 54.1 Å². The van der Waals surface area contributed by atoms with Gasteiger partial charge in [0, 0.05) is 10.7 Å². The molecule has 6 heteroatoms. The topological polar surface area (TPSA) is 58.6 Å². The number of benzene rings is 3. The summed E-state index contributed by atoms with van der Waals surface area (Å²) in [6.07, 6.45) is 0.0664. The highest BCUT2D eigenvalue weighted by Crippen LogP contribution is 2.32. The number of imide groups is 1. The Hall–Kier alpha value is -3.57. The van der Waals surface area contributed by atoms with Crippen LogP contribution in [0.15, 0.2) is 84.6 Å². The minimum Gasteiger partial charge on any atom is -0.491 e. The van der Waals surface area contributed by atoms with Gasteiger partial charge < -0.3 is 10.1 Å². The Balaban J connectivity index is 1.65. The molecule has 2 amide bonds. The van der Waals surface area contributed by atoms with Crippen molar-refractivity contribution in [2.45, 2.75) is 26.5 Å². The van der Waals surface area contributed by atoms with Gasteiger partial charge >= 0.3 is 0 Å². The van der Waals surface area contributed by atoms with E-state index < -0.39 is 0 Å². The lowest BCUT2D eigenvalue weighted by Gasteiger charge is -2.15. The fraction of sp³-hybridized carbons (Fsp3) is 0.154. The molecule has 1 N–H and O–H groups in total. The zero-order valence-corrected chi connectivity index (χ0v) is 18.6. The highest BCUT2D eigenvalue weighted by molar-refractivity contribution is 6.36. The number of rotatable bonds is 7. The molecule has 0 atom stereocenters. The van der Waals surface area contributed by atoms with E-state index in [1.54, 1.807) is 12.1 Å². The van der Waals surface area contributed by atoms with Crippen molar-refractivity contribution >= 4 is 34.7 Å². The molecule has 1 heterocycles. The second-order valence-corrected chi connectivity index (χ2v) is 8.19. The van der Waals surface area contributed by atoms with E-state index in [0.717, 1.165) is 11.3 Å². The third kappa shape index (κ3) is 4.68. The van der Waals surface area contributed by atoms with Crippen molar-refractivity contribution < 1.29 is 14.3 Å². The molecule has 162 valence electrons. The number of halogens is 1. The van der Waals surface area contributed by atoms with E-state index in [1.807, 2.05) is 80.6 Å². The molecular weight excluding hydrogens is 424 g/mol. The first kappa shape index (κ1) is 21.7. The van der Waals surface area contributed by atoms with Crippen LogP contribution < -0.4 is 10.1 Å². The van der Waals surface area contributed by atoms with Crippen LogP contribution in [0.1, 0.15) is 25.0 Å². The number of nitrogens with one attached hydrogen (secondary N) is 1. The van der Waals surface area contributed by atoms with Gasteiger partial charge in [-0.25, -0.2) is 0 Å². The smallest absolute Gasteiger partial charge is 0.278 e. The number of nitrogens with zero attached hydrogens (tertiary/aromatic N) is 1. The van der Waals surface area contributed by atoms with Crippen molar-refractivity contribution in [1.82, 2.24) is 4.90 Å². The average molecular weight is 447 g/mol. The SMILES string of the molecule is CC(C)Oc1ccc(NC2=C(c3ccccc3)C(=O)N(Cc3ccc(Cl)cc3)C2=O)cc1. The van der Waals surface area contributed by atoms with Gasteiger partial charge in [-0.2, -0.15) is 0 Å². The molecule has 0 unspecified atom stereocenters. The van der Waals surface area contributed by atoms with Crippen LogP contribution in [0.5, 0.6) is 5.75 Å². The normalized spacial score (nSPS) is 13.8. The zero-order valence-electron chi connectivity index (χ0n) is 17.8. The Bertz CT molecular complexity index is 1150. The van der Waals surface area contributed by atoms with E-state index in [9.17, 15) is 9.59 Å². The van der Waals surface area contributed by atoms with E-state index in [2.05, 4.69) is 5.32 Å². The average Bonchev–Trinajstić information content (AvgIpc) is 3.01. The number of anilines is 1. The first-order chi connectivity index (χ1) is 15.4. The predicted octanol–water partition coefficient (Wildman–Crippen LogP) is 5.52. The van der Waals surface area contributed by atoms with Crippen LogP contribution in [0.4, 0.5) is 5.69 Å². The maximum atomic E-state index is 13.3. The van der Waals surface area contributed by atoms with Crippen LogP contribution in [0.25, 0.3) is 5.57 Å². The van der Waals surface area contributed by atoms with E-state index >= 15 is 0 Å². The van der Waals surface area contributed by atoms with Crippen molar-refractivity contribution in [3.63, 3.8) is 0 Å². The predicted molar refractivity (Wildman–Crippen MR) is 126 cm³/mol. The number of ether oxygens (including phenoxy) is 1. The second-order valence-electron chi connectivity index (χ2n) is 7.75. The lowest BCUT2D eigenvalue weighted by atomic mass is 10.0. The van der Waals surface area contributed by atoms with E-state index in [4.69, 9.17) is 16.3 Å². The molecular formula is C26H23ClN2O3. The van der Waals surface area contributed by atoms with Crippen molar-refractivity contribution in [3.8, 4) is 5.75 Å². The summed E-state index contributed by atoms with van der Waals surface area (Å²) >= 11 is 5.97. The van der Waals surface area contributed by atoms with Crippen LogP contribution in [-0.4, -0.2) is 22.8 Å². The maximum Gasteiger partial charge on any atom is 0.278 e. The van der Waals surface area contributed by atoms with Crippen LogP contribution in [-0.2, 0) is 16.1 Å². The minimum atomic E-state index is -0.369. The number of hydrogen-bond donors (Lipinski definition) is 1. The van der Waals surface area contributed by atoms with Crippen molar-refractivity contribution in [2.24, 2.45) is 0 Å². The molecule has 3 aromatic rings. The van der Waals surface area contributed by atoms with Crippen LogP contribution in [0.3, 0.4) is 0 Å². The maximum absolute atomic E-state index is 13.3. The lowest BCUT2D eigenvalue weighted by Crippen LogP contribution is -2.32. The van der Waals surface area contributed by atoms with E-state index in [1.165, 1.54) is 4.90 Å². The zero-order chi connectivity index (χ0) is 22.7. The minimum absolute atomic E-state index is 0.0664. The molecule has 3 aromatic carbocycles. The molecule has 1 aliphatic heterocycles. The summed E-state index contributed by atoms with van der Waals surface area (Å²) in [6, 6.07) is 23.6. The van der Waals surface area contributed by atoms with Gasteiger partial charge in [0.25, 0.3) is 11.8 Å². The first-order valence-electron chi connectivity index (χ1n) is 10.4. The molecule has 0 saturated heterocycles. The first-order valence-corrected chi connectivity index (χ1v) is 10.7. The summed E-state index contributed by atoms with van der Waals surface area (Å²) < 4.78 is 5.68. The third-order valence-electron chi connectivity index (χ3n) is 4.98. The van der Waals surface area contributed by atoms with Gasteiger partial charge in [0.1, 0.15) is 11.4 Å². The molecule has 0 bridgehead atoms.